The molecule has 0 bridgehead atoms. The van der Waals surface area contributed by atoms with Gasteiger partial charge in [0.1, 0.15) is 0 Å². The topological polar surface area (TPSA) is 91.3 Å². The third kappa shape index (κ3) is 3.64. The smallest absolute Gasteiger partial charge is 0.355 e. The summed E-state index contributed by atoms with van der Waals surface area (Å²) in [6.45, 7) is 1.56. The number of aromatic carboxylic acids is 1. The van der Waals surface area contributed by atoms with Crippen molar-refractivity contribution in [2.75, 3.05) is 13.1 Å². The van der Waals surface area contributed by atoms with Crippen LogP contribution in [0.2, 0.25) is 0 Å². The molecule has 0 fully saturated rings. The molecular weight excluding hydrogens is 218 g/mol. The number of hydrogen-bond donors (Lipinski definition) is 3. The highest BCUT2D eigenvalue weighted by Crippen LogP contribution is 2.12. The van der Waals surface area contributed by atoms with E-state index in [1.807, 2.05) is 0 Å². The van der Waals surface area contributed by atoms with E-state index < -0.39 is 5.97 Å². The summed E-state index contributed by atoms with van der Waals surface area (Å²) in [6, 6.07) is 0. The maximum absolute atomic E-state index is 10.7. The Morgan fingerprint density at radius 1 is 1.60 bits per heavy atom. The summed E-state index contributed by atoms with van der Waals surface area (Å²) in [4.78, 5) is 25.0. The first-order valence-electron chi connectivity index (χ1n) is 4.29. The molecule has 82 valence electrons. The van der Waals surface area contributed by atoms with E-state index in [9.17, 15) is 9.59 Å². The van der Waals surface area contributed by atoms with E-state index >= 15 is 0 Å². The Morgan fingerprint density at radius 2 is 2.40 bits per heavy atom. The Bertz CT molecular complexity index is 340. The second-order valence-electron chi connectivity index (χ2n) is 2.68. The number of nitrogens with zero attached hydrogens (tertiary/aromatic N) is 1. The van der Waals surface area contributed by atoms with Crippen LogP contribution in [0.5, 0.6) is 0 Å². The number of rotatable bonds is 7. The Morgan fingerprint density at radius 3 is 3.07 bits per heavy atom. The van der Waals surface area contributed by atoms with Crippen molar-refractivity contribution in [3.63, 3.8) is 0 Å². The fraction of sp³-hybridized carbons (Fsp3) is 0.375. The number of aromatic nitrogens is 1. The lowest BCUT2D eigenvalue weighted by molar-refractivity contribution is -0.109. The first-order valence-corrected chi connectivity index (χ1v) is 5.17. The molecule has 0 saturated heterocycles. The summed E-state index contributed by atoms with van der Waals surface area (Å²) < 4.78 is 0. The normalized spacial score (nSPS) is 9.87. The average molecular weight is 229 g/mol. The van der Waals surface area contributed by atoms with Gasteiger partial charge in [0.25, 0.3) is 0 Å². The van der Waals surface area contributed by atoms with E-state index in [2.05, 4.69) is 15.6 Å². The van der Waals surface area contributed by atoms with Gasteiger partial charge in [0.15, 0.2) is 5.69 Å². The molecule has 0 aromatic carbocycles. The maximum atomic E-state index is 10.7. The van der Waals surface area contributed by atoms with Crippen LogP contribution >= 0.6 is 11.3 Å². The molecule has 0 saturated carbocycles. The third-order valence-electron chi connectivity index (χ3n) is 1.66. The molecule has 0 aliphatic rings. The maximum Gasteiger partial charge on any atom is 0.355 e. The van der Waals surface area contributed by atoms with Gasteiger partial charge < -0.3 is 15.7 Å². The second kappa shape index (κ2) is 6.10. The van der Waals surface area contributed by atoms with E-state index in [0.29, 0.717) is 30.9 Å². The number of carbonyl (C=O) groups excluding carboxylic acids is 1. The number of amides is 1. The fourth-order valence-electron chi connectivity index (χ4n) is 0.992. The van der Waals surface area contributed by atoms with Crippen LogP contribution in [-0.4, -0.2) is 35.6 Å². The summed E-state index contributed by atoms with van der Waals surface area (Å²) >= 11 is 1.30. The summed E-state index contributed by atoms with van der Waals surface area (Å²) in [7, 11) is 0. The van der Waals surface area contributed by atoms with Gasteiger partial charge in [0.05, 0.1) is 10.4 Å². The summed E-state index contributed by atoms with van der Waals surface area (Å²) in [5, 5.41) is 14.3. The number of thiazole rings is 1. The van der Waals surface area contributed by atoms with Gasteiger partial charge in [-0.2, -0.15) is 0 Å². The lowest BCUT2D eigenvalue weighted by Crippen LogP contribution is -2.26. The zero-order valence-corrected chi connectivity index (χ0v) is 8.71. The van der Waals surface area contributed by atoms with Crippen molar-refractivity contribution in [2.45, 2.75) is 6.54 Å². The molecule has 1 rings (SSSR count). The van der Waals surface area contributed by atoms with Crippen molar-refractivity contribution < 1.29 is 14.7 Å². The molecule has 0 atom stereocenters. The largest absolute Gasteiger partial charge is 0.476 e. The van der Waals surface area contributed by atoms with Crippen LogP contribution in [-0.2, 0) is 11.3 Å². The number of carboxylic acid groups (broad SMARTS) is 1. The van der Waals surface area contributed by atoms with Gasteiger partial charge in [-0.15, -0.1) is 11.3 Å². The van der Waals surface area contributed by atoms with Crippen LogP contribution in [0.15, 0.2) is 5.51 Å². The van der Waals surface area contributed by atoms with E-state index in [-0.39, 0.29) is 5.69 Å². The fourth-order valence-corrected chi connectivity index (χ4v) is 1.71. The zero-order chi connectivity index (χ0) is 11.1. The van der Waals surface area contributed by atoms with Crippen LogP contribution in [0.3, 0.4) is 0 Å². The molecular formula is C8H11N3O3S. The first-order chi connectivity index (χ1) is 7.25. The molecule has 3 N–H and O–H groups in total. The van der Waals surface area contributed by atoms with Crippen LogP contribution < -0.4 is 10.6 Å². The van der Waals surface area contributed by atoms with Gasteiger partial charge in [-0.25, -0.2) is 9.78 Å². The van der Waals surface area contributed by atoms with E-state index in [0.717, 1.165) is 0 Å². The second-order valence-corrected chi connectivity index (χ2v) is 3.62. The molecule has 0 aliphatic carbocycles. The lowest BCUT2D eigenvalue weighted by atomic mass is 10.3. The van der Waals surface area contributed by atoms with Gasteiger partial charge in [0, 0.05) is 19.6 Å². The van der Waals surface area contributed by atoms with Crippen molar-refractivity contribution in [1.29, 1.82) is 0 Å². The van der Waals surface area contributed by atoms with Gasteiger partial charge in [-0.3, -0.25) is 4.79 Å². The van der Waals surface area contributed by atoms with Crippen molar-refractivity contribution in [3.8, 4) is 0 Å². The Labute approximate surface area is 90.3 Å². The third-order valence-corrected chi connectivity index (χ3v) is 2.49. The van der Waals surface area contributed by atoms with E-state index in [1.54, 1.807) is 0 Å². The first kappa shape index (κ1) is 11.6. The van der Waals surface area contributed by atoms with Gasteiger partial charge >= 0.3 is 5.97 Å². The highest BCUT2D eigenvalue weighted by atomic mass is 32.1. The molecule has 0 unspecified atom stereocenters. The van der Waals surface area contributed by atoms with E-state index in [1.165, 1.54) is 16.8 Å². The molecule has 15 heavy (non-hydrogen) atoms. The van der Waals surface area contributed by atoms with Crippen molar-refractivity contribution in [3.05, 3.63) is 16.1 Å². The summed E-state index contributed by atoms with van der Waals surface area (Å²) in [5.41, 5.74) is 1.60. The number of carboxylic acids is 1. The molecule has 1 heterocycles. The zero-order valence-electron chi connectivity index (χ0n) is 7.90. The minimum Gasteiger partial charge on any atom is -0.476 e. The van der Waals surface area contributed by atoms with Crippen molar-refractivity contribution in [2.24, 2.45) is 0 Å². The summed E-state index contributed by atoms with van der Waals surface area (Å²) in [5.74, 6) is -1.01. The van der Waals surface area contributed by atoms with E-state index in [4.69, 9.17) is 5.11 Å². The highest BCUT2D eigenvalue weighted by Gasteiger charge is 2.12. The molecule has 1 aromatic rings. The van der Waals surface area contributed by atoms with Gasteiger partial charge in [-0.05, 0) is 0 Å². The SMILES string of the molecule is O=CNCCNCc1scnc1C(=O)O. The van der Waals surface area contributed by atoms with Crippen LogP contribution in [0, 0.1) is 0 Å². The van der Waals surface area contributed by atoms with Crippen LogP contribution in [0.25, 0.3) is 0 Å². The number of nitrogens with one attached hydrogen (secondary N) is 2. The predicted octanol–water partition coefficient (Wildman–Crippen LogP) is -0.323. The highest BCUT2D eigenvalue weighted by molar-refractivity contribution is 7.09. The monoisotopic (exact) mass is 229 g/mol. The predicted molar refractivity (Wildman–Crippen MR) is 54.8 cm³/mol. The standard InChI is InChI=1S/C8H11N3O3S/c12-4-10-2-1-9-3-6-7(8(13)14)11-5-15-6/h4-5,9H,1-3H2,(H,10,12)(H,13,14). The number of hydrogen-bond acceptors (Lipinski definition) is 5. The Kier molecular flexibility index (Phi) is 4.72. The molecule has 1 aromatic heterocycles. The molecule has 0 radical (unpaired) electrons. The molecule has 1 amide bonds. The van der Waals surface area contributed by atoms with Gasteiger partial charge in [-0.1, -0.05) is 0 Å². The Hall–Kier alpha value is -1.47. The Balaban J connectivity index is 2.34. The molecule has 0 aliphatic heterocycles. The van der Waals surface area contributed by atoms with Gasteiger partial charge in [0.2, 0.25) is 6.41 Å². The number of carbonyl (C=O) groups is 2. The molecule has 7 heteroatoms. The molecule has 6 nitrogen and oxygen atoms in total. The van der Waals surface area contributed by atoms with Crippen molar-refractivity contribution >= 4 is 23.7 Å². The van der Waals surface area contributed by atoms with Crippen molar-refractivity contribution in [1.82, 2.24) is 15.6 Å². The lowest BCUT2D eigenvalue weighted by Gasteiger charge is -2.02. The minimum absolute atomic E-state index is 0.0934. The summed E-state index contributed by atoms with van der Waals surface area (Å²) in [6.07, 6.45) is 0.622. The van der Waals surface area contributed by atoms with Crippen LogP contribution in [0.4, 0.5) is 0 Å². The average Bonchev–Trinajstić information content (AvgIpc) is 2.66. The quantitative estimate of drug-likeness (QED) is 0.440. The van der Waals surface area contributed by atoms with Crippen LogP contribution in [0.1, 0.15) is 15.4 Å². The molecule has 0 spiro atoms. The minimum atomic E-state index is -1.01.